The summed E-state index contributed by atoms with van der Waals surface area (Å²) in [5.41, 5.74) is -1.83. The van der Waals surface area contributed by atoms with E-state index in [0.29, 0.717) is 5.33 Å². The van der Waals surface area contributed by atoms with Crippen LogP contribution in [0.25, 0.3) is 0 Å². The number of carbonyl (C=O) groups is 3. The molecule has 0 aromatic heterocycles. The topological polar surface area (TPSA) is 81.7 Å². The van der Waals surface area contributed by atoms with E-state index in [2.05, 4.69) is 37.2 Å². The van der Waals surface area contributed by atoms with Crippen LogP contribution in [0.1, 0.15) is 27.2 Å². The zero-order valence-corrected chi connectivity index (χ0v) is 14.9. The van der Waals surface area contributed by atoms with Crippen LogP contribution in [0.15, 0.2) is 0 Å². The molecule has 1 unspecified atom stereocenters. The predicted octanol–water partition coefficient (Wildman–Crippen LogP) is 1.54. The minimum atomic E-state index is -1.83. The minimum absolute atomic E-state index is 0.0233. The van der Waals surface area contributed by atoms with E-state index in [1.54, 1.807) is 13.8 Å². The first-order valence-corrected chi connectivity index (χ1v) is 8.20. The Morgan fingerprint density at radius 3 is 1.90 bits per heavy atom. The molecule has 0 rings (SSSR count). The predicted molar refractivity (Wildman–Crippen MR) is 80.9 cm³/mol. The Balaban J connectivity index is 5.54. The van der Waals surface area contributed by atoms with Crippen LogP contribution in [-0.4, -0.2) is 46.8 Å². The van der Waals surface area contributed by atoms with Crippen LogP contribution in [0.4, 0.5) is 0 Å². The van der Waals surface area contributed by atoms with Gasteiger partial charge in [-0.3, -0.25) is 4.79 Å². The maximum absolute atomic E-state index is 12.2. The van der Waals surface area contributed by atoms with Gasteiger partial charge < -0.3 is 14.8 Å². The third kappa shape index (κ3) is 5.40. The molecule has 0 bridgehead atoms. The largest absolute Gasteiger partial charge is 0.464 e. The molecular formula is C12H19Br2NO5. The van der Waals surface area contributed by atoms with E-state index in [1.165, 1.54) is 6.92 Å². The Kier molecular flexibility index (Phi) is 9.04. The van der Waals surface area contributed by atoms with Crippen LogP contribution >= 0.6 is 31.9 Å². The summed E-state index contributed by atoms with van der Waals surface area (Å²) in [6.07, 6.45) is 0.0233. The van der Waals surface area contributed by atoms with Gasteiger partial charge in [-0.15, -0.1) is 0 Å². The molecular weight excluding hydrogens is 398 g/mol. The number of rotatable bonds is 8. The van der Waals surface area contributed by atoms with Crippen LogP contribution in [0, 0.1) is 0 Å². The first-order chi connectivity index (χ1) is 9.33. The summed E-state index contributed by atoms with van der Waals surface area (Å²) >= 11 is 6.57. The van der Waals surface area contributed by atoms with E-state index in [0.717, 1.165) is 0 Å². The van der Waals surface area contributed by atoms with Gasteiger partial charge in [0.25, 0.3) is 0 Å². The number of carbonyl (C=O) groups excluding carboxylic acids is 3. The van der Waals surface area contributed by atoms with Gasteiger partial charge in [-0.05, 0) is 13.8 Å². The number of amides is 1. The quantitative estimate of drug-likeness (QED) is 0.368. The molecule has 116 valence electrons. The van der Waals surface area contributed by atoms with Crippen molar-refractivity contribution >= 4 is 49.7 Å². The van der Waals surface area contributed by atoms with E-state index >= 15 is 0 Å². The normalized spacial score (nSPS) is 12.4. The van der Waals surface area contributed by atoms with E-state index in [1.807, 2.05) is 0 Å². The molecule has 1 amide bonds. The third-order valence-corrected chi connectivity index (χ3v) is 4.63. The third-order valence-electron chi connectivity index (χ3n) is 2.33. The molecule has 1 N–H and O–H groups in total. The van der Waals surface area contributed by atoms with E-state index < -0.39 is 23.4 Å². The molecule has 0 saturated carbocycles. The molecule has 0 spiro atoms. The van der Waals surface area contributed by atoms with Gasteiger partial charge in [0.15, 0.2) is 0 Å². The molecule has 20 heavy (non-hydrogen) atoms. The number of ether oxygens (including phenoxy) is 2. The number of hydrogen-bond acceptors (Lipinski definition) is 5. The van der Waals surface area contributed by atoms with Crippen molar-refractivity contribution < 1.29 is 23.9 Å². The summed E-state index contributed by atoms with van der Waals surface area (Å²) in [5, 5.41) is 2.88. The second-order valence-electron chi connectivity index (χ2n) is 3.98. The van der Waals surface area contributed by atoms with Crippen LogP contribution in [-0.2, 0) is 23.9 Å². The minimum Gasteiger partial charge on any atom is -0.464 e. The van der Waals surface area contributed by atoms with Crippen molar-refractivity contribution in [3.63, 3.8) is 0 Å². The van der Waals surface area contributed by atoms with Crippen molar-refractivity contribution in [2.75, 3.05) is 18.5 Å². The molecule has 0 saturated heterocycles. The summed E-state index contributed by atoms with van der Waals surface area (Å²) in [4.78, 5) is 35.6. The van der Waals surface area contributed by atoms with Crippen molar-refractivity contribution in [2.45, 2.75) is 37.6 Å². The number of esters is 2. The average Bonchev–Trinajstić information content (AvgIpc) is 2.37. The van der Waals surface area contributed by atoms with Gasteiger partial charge in [0.1, 0.15) is 0 Å². The summed E-state index contributed by atoms with van der Waals surface area (Å²) in [5.74, 6) is -2.15. The number of hydrogen-bond donors (Lipinski definition) is 1. The SMILES string of the molecule is CCOC(=O)C(CC(Br)CBr)(NC(C)=O)C(=O)OCC. The van der Waals surface area contributed by atoms with Crippen molar-refractivity contribution in [2.24, 2.45) is 0 Å². The lowest BCUT2D eigenvalue weighted by Crippen LogP contribution is -2.62. The van der Waals surface area contributed by atoms with Gasteiger partial charge in [0.2, 0.25) is 11.4 Å². The highest BCUT2D eigenvalue weighted by Gasteiger charge is 2.50. The molecule has 0 aromatic carbocycles. The Hall–Kier alpha value is -0.630. The Bertz CT molecular complexity index is 344. The highest BCUT2D eigenvalue weighted by molar-refractivity contribution is 9.12. The second kappa shape index (κ2) is 9.33. The fourth-order valence-electron chi connectivity index (χ4n) is 1.60. The summed E-state index contributed by atoms with van der Waals surface area (Å²) in [6.45, 7) is 4.67. The molecule has 0 aromatic rings. The van der Waals surface area contributed by atoms with E-state index in [-0.39, 0.29) is 24.5 Å². The lowest BCUT2D eigenvalue weighted by atomic mass is 9.93. The lowest BCUT2D eigenvalue weighted by Gasteiger charge is -2.30. The monoisotopic (exact) mass is 415 g/mol. The molecule has 0 aliphatic heterocycles. The molecule has 0 fully saturated rings. The Labute approximate surface area is 135 Å². The number of nitrogens with one attached hydrogen (secondary N) is 1. The number of halogens is 2. The van der Waals surface area contributed by atoms with Crippen LogP contribution in [0.2, 0.25) is 0 Å². The van der Waals surface area contributed by atoms with Crippen LogP contribution in [0.3, 0.4) is 0 Å². The maximum Gasteiger partial charge on any atom is 0.343 e. The standard InChI is InChI=1S/C12H19Br2NO5/c1-4-19-10(17)12(15-8(3)16,6-9(14)7-13)11(18)20-5-2/h9H,4-7H2,1-3H3,(H,15,16). The smallest absolute Gasteiger partial charge is 0.343 e. The van der Waals surface area contributed by atoms with Crippen molar-refractivity contribution in [1.82, 2.24) is 5.32 Å². The second-order valence-corrected chi connectivity index (χ2v) is 5.93. The fourth-order valence-corrected chi connectivity index (χ4v) is 2.31. The Morgan fingerprint density at radius 2 is 1.60 bits per heavy atom. The van der Waals surface area contributed by atoms with Crippen molar-refractivity contribution in [3.8, 4) is 0 Å². The van der Waals surface area contributed by atoms with Gasteiger partial charge >= 0.3 is 11.9 Å². The van der Waals surface area contributed by atoms with Crippen molar-refractivity contribution in [1.29, 1.82) is 0 Å². The maximum atomic E-state index is 12.2. The molecule has 8 heteroatoms. The molecule has 0 heterocycles. The first kappa shape index (κ1) is 19.4. The number of alkyl halides is 2. The first-order valence-electron chi connectivity index (χ1n) is 6.17. The van der Waals surface area contributed by atoms with Crippen LogP contribution in [0.5, 0.6) is 0 Å². The van der Waals surface area contributed by atoms with Gasteiger partial charge in [-0.2, -0.15) is 0 Å². The fraction of sp³-hybridized carbons (Fsp3) is 0.750. The zero-order valence-electron chi connectivity index (χ0n) is 11.7. The van der Waals surface area contributed by atoms with Gasteiger partial charge in [0.05, 0.1) is 13.2 Å². The molecule has 0 aliphatic carbocycles. The van der Waals surface area contributed by atoms with Gasteiger partial charge in [-0.25, -0.2) is 9.59 Å². The highest BCUT2D eigenvalue weighted by atomic mass is 79.9. The lowest BCUT2D eigenvalue weighted by molar-refractivity contribution is -0.168. The average molecular weight is 417 g/mol. The molecule has 0 aliphatic rings. The zero-order chi connectivity index (χ0) is 15.8. The van der Waals surface area contributed by atoms with E-state index in [4.69, 9.17) is 9.47 Å². The highest BCUT2D eigenvalue weighted by Crippen LogP contribution is 2.23. The van der Waals surface area contributed by atoms with Crippen LogP contribution < -0.4 is 5.32 Å². The van der Waals surface area contributed by atoms with Gasteiger partial charge in [0, 0.05) is 23.5 Å². The molecule has 1 atom stereocenters. The Morgan fingerprint density at radius 1 is 1.15 bits per heavy atom. The summed E-state index contributed by atoms with van der Waals surface area (Å²) in [6, 6.07) is 0. The molecule has 0 radical (unpaired) electrons. The molecule has 6 nitrogen and oxygen atoms in total. The van der Waals surface area contributed by atoms with Crippen molar-refractivity contribution in [3.05, 3.63) is 0 Å². The van der Waals surface area contributed by atoms with Gasteiger partial charge in [-0.1, -0.05) is 31.9 Å². The summed E-state index contributed by atoms with van der Waals surface area (Å²) in [7, 11) is 0. The van der Waals surface area contributed by atoms with E-state index in [9.17, 15) is 14.4 Å². The summed E-state index contributed by atoms with van der Waals surface area (Å²) < 4.78 is 9.86.